The summed E-state index contributed by atoms with van der Waals surface area (Å²) in [6.45, 7) is 0. The van der Waals surface area contributed by atoms with E-state index in [4.69, 9.17) is 0 Å². The van der Waals surface area contributed by atoms with Crippen molar-refractivity contribution in [3.63, 3.8) is 0 Å². The Morgan fingerprint density at radius 2 is 0.280 bits per heavy atom. The van der Waals surface area contributed by atoms with Gasteiger partial charge in [-0.25, -0.2) is 0 Å². The lowest BCUT2D eigenvalue weighted by molar-refractivity contribution is 1.62. The van der Waals surface area contributed by atoms with Gasteiger partial charge in [-0.1, -0.05) is 546 Å². The number of benzene rings is 31. The van der Waals surface area contributed by atoms with Crippen LogP contribution in [0.3, 0.4) is 0 Å². The van der Waals surface area contributed by atoms with Crippen molar-refractivity contribution in [2.75, 3.05) is 0 Å². The minimum atomic E-state index is 1.22. The van der Waals surface area contributed by atoms with E-state index in [1.54, 1.807) is 0 Å². The molecule has 0 nitrogen and oxygen atoms in total. The molecule has 0 N–H and O–H groups in total. The molecule has 150 heavy (non-hydrogen) atoms. The third-order valence-electron chi connectivity index (χ3n) is 31.8. The lowest BCUT2D eigenvalue weighted by Gasteiger charge is -2.22. The molecule has 31 aromatic rings. The molecule has 0 fully saturated rings. The largest absolute Gasteiger partial charge is 0.0622 e. The van der Waals surface area contributed by atoms with Crippen LogP contribution in [0.4, 0.5) is 0 Å². The standard InChI is InChI=1S/2C54H34.C42H26/c1-3-18-37(19-4-1)51-44-26-12-11-25-42(44)49-34-39(31-32-47(49)52(51)38-20-5-2-6-21-38)50-45-27-13-14-28-46(45)54(43-29-15-22-35-16-7-9-23-40(35)43)53-41-24-10-8-17-36(41)30-33-48(50)53;1-3-17-37(18-4-1)51-44-24-12-11-23-43(44)49-34-41(30-31-47(49)52(51)38-19-5-2-6-20-38)50-45-25-13-14-26-46(45)53(40-28-27-35-15-7-8-21-39(35)33-40)54-42-22-10-9-16-36(42)29-32-48(50)54;1-2-13-31(14-3-1)39-36-24-22-29-12-6-9-17-35(29)42(36)40(37-25-23-28-11-5-8-16-34(28)41(37)39)32-21-20-30-19-18-27-10-4-7-15-33(27)38(30)26-32/h2*1-34H;1-26H. The molecule has 0 heteroatoms. The average Bonchev–Trinajstić information content (AvgIpc) is 0.681. The first-order valence-corrected chi connectivity index (χ1v) is 52.2. The summed E-state index contributed by atoms with van der Waals surface area (Å²) in [6.07, 6.45) is 0. The van der Waals surface area contributed by atoms with Crippen molar-refractivity contribution in [1.82, 2.24) is 0 Å². The minimum absolute atomic E-state index is 1.22. The first-order valence-electron chi connectivity index (χ1n) is 52.2. The summed E-state index contributed by atoms with van der Waals surface area (Å²) in [4.78, 5) is 0. The van der Waals surface area contributed by atoms with Gasteiger partial charge in [0, 0.05) is 0 Å². The zero-order valence-corrected chi connectivity index (χ0v) is 82.3. The maximum atomic E-state index is 2.47. The van der Waals surface area contributed by atoms with Gasteiger partial charge in [0.15, 0.2) is 0 Å². The van der Waals surface area contributed by atoms with Crippen molar-refractivity contribution in [3.8, 4) is 111 Å². The fourth-order valence-corrected chi connectivity index (χ4v) is 25.3. The molecule has 31 rings (SSSR count). The second kappa shape index (κ2) is 36.4. The SMILES string of the molecule is c1ccc(-c2c(-c3ccccc3)c3ccc(-c4c5ccccc5c(-c5ccc6ccccc6c5)c5c4ccc4ccccc45)cc3c3ccccc23)cc1.c1ccc(-c2c(-c3ccccc3)c3ccc(-c4c5ccccc5c(-c5cccc6ccccc56)c5c4ccc4ccccc45)cc3c3ccccc23)cc1.c1ccc(-c2c3ccc4ccccc4c3c(-c3ccc4ccc5ccccc5c4c3)c3ccc4ccccc4c23)cc1. The van der Waals surface area contributed by atoms with Crippen molar-refractivity contribution < 1.29 is 0 Å². The maximum Gasteiger partial charge on any atom is -0.00139 e. The molecule has 0 bridgehead atoms. The number of hydrogen-bond acceptors (Lipinski definition) is 0. The van der Waals surface area contributed by atoms with Crippen molar-refractivity contribution in [2.45, 2.75) is 0 Å². The van der Waals surface area contributed by atoms with E-state index in [0.717, 1.165) is 0 Å². The predicted octanol–water partition coefficient (Wildman–Crippen LogP) is 42.5. The van der Waals surface area contributed by atoms with Crippen molar-refractivity contribution in [2.24, 2.45) is 0 Å². The second-order valence-corrected chi connectivity index (χ2v) is 39.9. The zero-order valence-electron chi connectivity index (χ0n) is 82.3. The summed E-state index contributed by atoms with van der Waals surface area (Å²) < 4.78 is 0. The van der Waals surface area contributed by atoms with Crippen LogP contribution in [0, 0.1) is 0 Å². The van der Waals surface area contributed by atoms with E-state index in [1.165, 1.54) is 305 Å². The Kier molecular flexibility index (Phi) is 21.1. The van der Waals surface area contributed by atoms with Gasteiger partial charge >= 0.3 is 0 Å². The molecule has 0 spiro atoms. The molecule has 0 saturated carbocycles. The van der Waals surface area contributed by atoms with Gasteiger partial charge in [-0.05, 0) is 329 Å². The van der Waals surface area contributed by atoms with Gasteiger partial charge in [0.2, 0.25) is 0 Å². The third-order valence-corrected chi connectivity index (χ3v) is 31.8. The zero-order chi connectivity index (χ0) is 98.8. The van der Waals surface area contributed by atoms with E-state index in [-0.39, 0.29) is 0 Å². The molecular formula is C150H94. The molecule has 0 aliphatic heterocycles. The van der Waals surface area contributed by atoms with Crippen LogP contribution in [0.1, 0.15) is 0 Å². The Bertz CT molecular complexity index is 10900. The van der Waals surface area contributed by atoms with E-state index in [2.05, 4.69) is 570 Å². The van der Waals surface area contributed by atoms with E-state index < -0.39 is 0 Å². The summed E-state index contributed by atoms with van der Waals surface area (Å²) in [7, 11) is 0. The van der Waals surface area contributed by atoms with Gasteiger partial charge < -0.3 is 0 Å². The molecule has 0 amide bonds. The Labute approximate surface area is 868 Å². The fourth-order valence-electron chi connectivity index (χ4n) is 25.3. The number of fused-ring (bicyclic) bond motifs is 25. The van der Waals surface area contributed by atoms with Crippen molar-refractivity contribution >= 4 is 194 Å². The Morgan fingerprint density at radius 1 is 0.0733 bits per heavy atom. The molecular weight excluding hydrogens is 1800 g/mol. The van der Waals surface area contributed by atoms with Gasteiger partial charge in [0.05, 0.1) is 0 Å². The quantitative estimate of drug-likeness (QED) is 0.0946. The number of rotatable bonds is 10. The fraction of sp³-hybridized carbons (Fsp3) is 0. The lowest BCUT2D eigenvalue weighted by atomic mass is 9.81. The Hall–Kier alpha value is -19.5. The van der Waals surface area contributed by atoms with Crippen LogP contribution in [-0.4, -0.2) is 0 Å². The summed E-state index contributed by atoms with van der Waals surface area (Å²) in [5.41, 5.74) is 25.2. The molecule has 0 heterocycles. The third kappa shape index (κ3) is 14.4. The van der Waals surface area contributed by atoms with Crippen molar-refractivity contribution in [1.29, 1.82) is 0 Å². The summed E-state index contributed by atoms with van der Waals surface area (Å²) in [5.74, 6) is 0. The highest BCUT2D eigenvalue weighted by molar-refractivity contribution is 6.36. The smallest absolute Gasteiger partial charge is 0.00139 e. The molecule has 0 aliphatic carbocycles. The van der Waals surface area contributed by atoms with Crippen LogP contribution < -0.4 is 0 Å². The van der Waals surface area contributed by atoms with Crippen LogP contribution in [0.25, 0.3) is 305 Å². The van der Waals surface area contributed by atoms with E-state index >= 15 is 0 Å². The monoisotopic (exact) mass is 1890 g/mol. The first kappa shape index (κ1) is 87.1. The molecule has 0 saturated heterocycles. The Balaban J connectivity index is 0.000000107. The summed E-state index contributed by atoms with van der Waals surface area (Å²) in [6, 6.07) is 210. The van der Waals surface area contributed by atoms with Crippen LogP contribution in [-0.2, 0) is 0 Å². The molecule has 31 aromatic carbocycles. The van der Waals surface area contributed by atoms with Crippen LogP contribution >= 0.6 is 0 Å². The van der Waals surface area contributed by atoms with E-state index in [1.807, 2.05) is 0 Å². The molecule has 0 atom stereocenters. The van der Waals surface area contributed by atoms with E-state index in [0.29, 0.717) is 0 Å². The van der Waals surface area contributed by atoms with Crippen LogP contribution in [0.5, 0.6) is 0 Å². The second-order valence-electron chi connectivity index (χ2n) is 39.9. The van der Waals surface area contributed by atoms with Gasteiger partial charge in [-0.3, -0.25) is 0 Å². The highest BCUT2D eigenvalue weighted by Gasteiger charge is 2.29. The number of hydrogen-bond donors (Lipinski definition) is 0. The van der Waals surface area contributed by atoms with Crippen LogP contribution in [0.2, 0.25) is 0 Å². The van der Waals surface area contributed by atoms with Gasteiger partial charge in [-0.2, -0.15) is 0 Å². The summed E-state index contributed by atoms with van der Waals surface area (Å²) >= 11 is 0. The first-order chi connectivity index (χ1) is 74.5. The van der Waals surface area contributed by atoms with Crippen LogP contribution in [0.15, 0.2) is 570 Å². The molecule has 0 aromatic heterocycles. The maximum absolute atomic E-state index is 2.47. The predicted molar refractivity (Wildman–Crippen MR) is 649 cm³/mol. The van der Waals surface area contributed by atoms with E-state index in [9.17, 15) is 0 Å². The average molecular weight is 1900 g/mol. The van der Waals surface area contributed by atoms with Gasteiger partial charge in [0.25, 0.3) is 0 Å². The van der Waals surface area contributed by atoms with Gasteiger partial charge in [-0.15, -0.1) is 0 Å². The summed E-state index contributed by atoms with van der Waals surface area (Å²) in [5, 5.41) is 45.8. The minimum Gasteiger partial charge on any atom is -0.0622 e. The highest BCUT2D eigenvalue weighted by atomic mass is 14.3. The lowest BCUT2D eigenvalue weighted by Crippen LogP contribution is -1.94. The normalized spacial score (nSPS) is 11.7. The Morgan fingerprint density at radius 3 is 0.680 bits per heavy atom. The molecule has 0 unspecified atom stereocenters. The topological polar surface area (TPSA) is 0 Å². The van der Waals surface area contributed by atoms with Gasteiger partial charge in [0.1, 0.15) is 0 Å². The van der Waals surface area contributed by atoms with Crippen molar-refractivity contribution in [3.05, 3.63) is 570 Å². The molecule has 0 radical (unpaired) electrons. The molecule has 0 aliphatic rings. The molecule has 694 valence electrons. The highest BCUT2D eigenvalue weighted by Crippen LogP contribution is 2.56.